The average Bonchev–Trinajstić information content (AvgIpc) is 3.36. The minimum Gasteiger partial charge on any atom is -0.338 e. The molecule has 1 fully saturated rings. The summed E-state index contributed by atoms with van der Waals surface area (Å²) in [6.45, 7) is 3.13. The molecule has 0 saturated carbocycles. The second kappa shape index (κ2) is 11.6. The number of para-hydroxylation sites is 1. The molecule has 0 aliphatic carbocycles. The second-order valence-corrected chi connectivity index (χ2v) is 12.6. The fraction of sp³-hybridized carbons (Fsp3) is 0.219. The maximum absolute atomic E-state index is 14.1. The van der Waals surface area contributed by atoms with Gasteiger partial charge in [-0.2, -0.15) is 0 Å². The van der Waals surface area contributed by atoms with E-state index in [2.05, 4.69) is 14.5 Å². The van der Waals surface area contributed by atoms with Crippen molar-refractivity contribution < 1.29 is 13.2 Å². The lowest BCUT2D eigenvalue weighted by molar-refractivity contribution is 0.0695. The molecule has 42 heavy (non-hydrogen) atoms. The predicted octanol–water partition coefficient (Wildman–Crippen LogP) is 6.27. The van der Waals surface area contributed by atoms with Gasteiger partial charge >= 0.3 is 0 Å². The van der Waals surface area contributed by atoms with Crippen LogP contribution in [0.1, 0.15) is 40.6 Å². The number of likely N-dealkylation sites (tertiary alicyclic amines) is 1. The number of carbonyl (C=O) groups is 1. The summed E-state index contributed by atoms with van der Waals surface area (Å²) in [5, 5.41) is 0.219. The van der Waals surface area contributed by atoms with E-state index >= 15 is 0 Å². The number of pyridine rings is 1. The zero-order valence-electron chi connectivity index (χ0n) is 23.1. The number of aryl methyl sites for hydroxylation is 1. The first kappa shape index (κ1) is 27.9. The van der Waals surface area contributed by atoms with Crippen molar-refractivity contribution in [3.8, 4) is 0 Å². The monoisotopic (exact) mass is 599 g/mol. The molecule has 0 unspecified atom stereocenters. The lowest BCUT2D eigenvalue weighted by Gasteiger charge is -2.33. The third-order valence-electron chi connectivity index (χ3n) is 7.71. The van der Waals surface area contributed by atoms with Gasteiger partial charge in [0.25, 0.3) is 15.9 Å². The SMILES string of the molecule is Cc1nc2cccnc2n1C1CCN(C(=O)c2cc(S(=O)(=O)N(Cc3ccccc3)c3ccccc3)ccc2Cl)CC1. The predicted molar refractivity (Wildman–Crippen MR) is 164 cm³/mol. The van der Waals surface area contributed by atoms with Gasteiger partial charge in [0.1, 0.15) is 11.3 Å². The maximum atomic E-state index is 14.1. The number of carbonyl (C=O) groups excluding carboxylic acids is 1. The van der Waals surface area contributed by atoms with Crippen LogP contribution in [0.5, 0.6) is 0 Å². The number of hydrogen-bond donors (Lipinski definition) is 0. The van der Waals surface area contributed by atoms with Crippen LogP contribution < -0.4 is 4.31 Å². The number of amides is 1. The van der Waals surface area contributed by atoms with E-state index in [-0.39, 0.29) is 34.0 Å². The molecule has 0 N–H and O–H groups in total. The molecule has 1 saturated heterocycles. The van der Waals surface area contributed by atoms with Crippen LogP contribution >= 0.6 is 11.6 Å². The third-order valence-corrected chi connectivity index (χ3v) is 9.81. The summed E-state index contributed by atoms with van der Waals surface area (Å²) >= 11 is 6.51. The number of imidazole rings is 1. The van der Waals surface area contributed by atoms with Gasteiger partial charge in [-0.25, -0.2) is 18.4 Å². The van der Waals surface area contributed by atoms with Crippen LogP contribution in [0.3, 0.4) is 0 Å². The fourth-order valence-electron chi connectivity index (χ4n) is 5.59. The Morgan fingerprint density at radius 1 is 0.952 bits per heavy atom. The van der Waals surface area contributed by atoms with Crippen LogP contribution in [-0.2, 0) is 16.6 Å². The first-order valence-electron chi connectivity index (χ1n) is 13.8. The van der Waals surface area contributed by atoms with Gasteiger partial charge in [-0.05, 0) is 67.8 Å². The minimum absolute atomic E-state index is 0.0107. The molecule has 1 aliphatic rings. The third kappa shape index (κ3) is 5.37. The van der Waals surface area contributed by atoms with Gasteiger partial charge in [-0.15, -0.1) is 0 Å². The molecule has 1 aliphatic heterocycles. The molecule has 0 spiro atoms. The topological polar surface area (TPSA) is 88.4 Å². The number of hydrogen-bond acceptors (Lipinski definition) is 5. The van der Waals surface area contributed by atoms with E-state index in [1.165, 1.54) is 22.5 Å². The summed E-state index contributed by atoms with van der Waals surface area (Å²) in [6, 6.07) is 26.7. The van der Waals surface area contributed by atoms with Crippen molar-refractivity contribution in [2.45, 2.75) is 37.2 Å². The lowest BCUT2D eigenvalue weighted by atomic mass is 10.0. The van der Waals surface area contributed by atoms with Crippen molar-refractivity contribution in [1.82, 2.24) is 19.4 Å². The highest BCUT2D eigenvalue weighted by atomic mass is 35.5. The fourth-order valence-corrected chi connectivity index (χ4v) is 7.27. The number of halogens is 1. The van der Waals surface area contributed by atoms with E-state index in [4.69, 9.17) is 11.6 Å². The van der Waals surface area contributed by atoms with Crippen molar-refractivity contribution in [3.63, 3.8) is 0 Å². The number of fused-ring (bicyclic) bond motifs is 1. The van der Waals surface area contributed by atoms with E-state index < -0.39 is 10.0 Å². The Kier molecular flexibility index (Phi) is 7.70. The summed E-state index contributed by atoms with van der Waals surface area (Å²) in [5.41, 5.74) is 3.25. The lowest BCUT2D eigenvalue weighted by Crippen LogP contribution is -2.39. The molecule has 214 valence electrons. The van der Waals surface area contributed by atoms with Gasteiger partial charge in [0.2, 0.25) is 0 Å². The Labute approximate surface area is 250 Å². The quantitative estimate of drug-likeness (QED) is 0.220. The van der Waals surface area contributed by atoms with Crippen molar-refractivity contribution >= 4 is 44.4 Å². The Bertz CT molecular complexity index is 1840. The van der Waals surface area contributed by atoms with E-state index in [1.54, 1.807) is 35.4 Å². The zero-order valence-corrected chi connectivity index (χ0v) is 24.7. The second-order valence-electron chi connectivity index (χ2n) is 10.4. The number of aromatic nitrogens is 3. The first-order chi connectivity index (χ1) is 20.3. The van der Waals surface area contributed by atoms with Gasteiger partial charge in [0, 0.05) is 25.3 Å². The highest BCUT2D eigenvalue weighted by molar-refractivity contribution is 7.92. The van der Waals surface area contributed by atoms with Crippen LogP contribution in [0.15, 0.2) is 102 Å². The van der Waals surface area contributed by atoms with Crippen molar-refractivity contribution in [3.05, 3.63) is 119 Å². The molecule has 8 nitrogen and oxygen atoms in total. The van der Waals surface area contributed by atoms with Gasteiger partial charge < -0.3 is 9.47 Å². The average molecular weight is 600 g/mol. The molecule has 0 atom stereocenters. The highest BCUT2D eigenvalue weighted by Gasteiger charge is 2.30. The van der Waals surface area contributed by atoms with Gasteiger partial charge in [0.05, 0.1) is 27.7 Å². The Morgan fingerprint density at radius 3 is 2.36 bits per heavy atom. The van der Waals surface area contributed by atoms with E-state index in [0.717, 1.165) is 35.4 Å². The van der Waals surface area contributed by atoms with Crippen molar-refractivity contribution in [2.24, 2.45) is 0 Å². The number of piperidine rings is 1. The highest BCUT2D eigenvalue weighted by Crippen LogP contribution is 2.32. The molecular formula is C32H30ClN5O3S. The summed E-state index contributed by atoms with van der Waals surface area (Å²) < 4.78 is 31.6. The molecule has 6 rings (SSSR count). The summed E-state index contributed by atoms with van der Waals surface area (Å²) in [4.78, 5) is 24.6. The molecule has 5 aromatic rings. The number of anilines is 1. The zero-order chi connectivity index (χ0) is 29.3. The van der Waals surface area contributed by atoms with Gasteiger partial charge in [0.15, 0.2) is 5.65 Å². The number of nitrogens with zero attached hydrogens (tertiary/aromatic N) is 5. The van der Waals surface area contributed by atoms with E-state index in [0.29, 0.717) is 18.8 Å². The Balaban J connectivity index is 1.25. The smallest absolute Gasteiger partial charge is 0.264 e. The van der Waals surface area contributed by atoms with Crippen LogP contribution in [0.2, 0.25) is 5.02 Å². The number of rotatable bonds is 7. The maximum Gasteiger partial charge on any atom is 0.264 e. The van der Waals surface area contributed by atoms with Crippen LogP contribution in [0.25, 0.3) is 11.2 Å². The van der Waals surface area contributed by atoms with Crippen LogP contribution in [0, 0.1) is 6.92 Å². The van der Waals surface area contributed by atoms with Crippen molar-refractivity contribution in [2.75, 3.05) is 17.4 Å². The Morgan fingerprint density at radius 2 is 1.64 bits per heavy atom. The van der Waals surface area contributed by atoms with Gasteiger partial charge in [-0.3, -0.25) is 9.10 Å². The van der Waals surface area contributed by atoms with Crippen molar-refractivity contribution in [1.29, 1.82) is 0 Å². The van der Waals surface area contributed by atoms with Crippen LogP contribution in [0.4, 0.5) is 5.69 Å². The molecular weight excluding hydrogens is 570 g/mol. The molecule has 2 aromatic heterocycles. The Hall–Kier alpha value is -4.21. The van der Waals surface area contributed by atoms with E-state index in [1.807, 2.05) is 55.5 Å². The number of sulfonamides is 1. The molecule has 10 heteroatoms. The van der Waals surface area contributed by atoms with Gasteiger partial charge in [-0.1, -0.05) is 60.1 Å². The largest absolute Gasteiger partial charge is 0.338 e. The minimum atomic E-state index is -4.03. The molecule has 1 amide bonds. The summed E-state index contributed by atoms with van der Waals surface area (Å²) in [6.07, 6.45) is 3.21. The first-order valence-corrected chi connectivity index (χ1v) is 15.6. The van der Waals surface area contributed by atoms with Crippen LogP contribution in [-0.4, -0.2) is 46.8 Å². The molecule has 0 radical (unpaired) electrons. The molecule has 0 bridgehead atoms. The summed E-state index contributed by atoms with van der Waals surface area (Å²) in [5.74, 6) is 0.614. The molecule has 3 heterocycles. The normalized spacial score (nSPS) is 14.3. The standard InChI is InChI=1S/C32H30ClN5O3S/c1-23-35-30-13-8-18-34-31(30)38(23)26-16-19-36(20-17-26)32(39)28-21-27(14-15-29(28)33)42(40,41)37(25-11-6-3-7-12-25)22-24-9-4-2-5-10-24/h2-15,18,21,26H,16-17,19-20,22H2,1H3. The summed E-state index contributed by atoms with van der Waals surface area (Å²) in [7, 11) is -4.03. The van der Waals surface area contributed by atoms with E-state index in [9.17, 15) is 13.2 Å². The number of benzene rings is 3. The molecule has 3 aromatic carbocycles.